The molecule has 2 aromatic rings. The third-order valence-corrected chi connectivity index (χ3v) is 5.39. The van der Waals surface area contributed by atoms with Crippen LogP contribution in [0, 0.1) is 18.3 Å². The van der Waals surface area contributed by atoms with Crippen LogP contribution in [-0.2, 0) is 9.59 Å². The lowest BCUT2D eigenvalue weighted by Gasteiger charge is -2.16. The molecule has 0 atom stereocenters. The number of carboxylic acids is 1. The van der Waals surface area contributed by atoms with E-state index in [4.69, 9.17) is 0 Å². The van der Waals surface area contributed by atoms with Crippen molar-refractivity contribution < 1.29 is 14.7 Å². The van der Waals surface area contributed by atoms with E-state index in [0.29, 0.717) is 29.0 Å². The molecule has 0 saturated heterocycles. The van der Waals surface area contributed by atoms with Crippen molar-refractivity contribution in [1.82, 2.24) is 0 Å². The Morgan fingerprint density at radius 2 is 1.81 bits per heavy atom. The van der Waals surface area contributed by atoms with Crippen LogP contribution in [0.25, 0.3) is 11.1 Å². The van der Waals surface area contributed by atoms with E-state index >= 15 is 0 Å². The van der Waals surface area contributed by atoms with Crippen molar-refractivity contribution in [3.8, 4) is 17.2 Å². The van der Waals surface area contributed by atoms with Crippen LogP contribution in [0.15, 0.2) is 40.8 Å². The fourth-order valence-electron chi connectivity index (χ4n) is 3.08. The van der Waals surface area contributed by atoms with Gasteiger partial charge in [0, 0.05) is 22.1 Å². The molecule has 1 aromatic heterocycles. The van der Waals surface area contributed by atoms with E-state index in [-0.39, 0.29) is 5.57 Å². The third kappa shape index (κ3) is 3.53. The smallest absolute Gasteiger partial charge is 0.332 e. The van der Waals surface area contributed by atoms with E-state index in [1.54, 1.807) is 0 Å². The Labute approximate surface area is 155 Å². The Kier molecular flexibility index (Phi) is 5.19. The van der Waals surface area contributed by atoms with Crippen LogP contribution in [0.1, 0.15) is 36.8 Å². The van der Waals surface area contributed by atoms with E-state index in [9.17, 15) is 20.0 Å². The van der Waals surface area contributed by atoms with Crippen LogP contribution in [0.3, 0.4) is 0 Å². The van der Waals surface area contributed by atoms with Gasteiger partial charge in [0.15, 0.2) is 0 Å². The molecule has 132 valence electrons. The topological polar surface area (TPSA) is 90.2 Å². The summed E-state index contributed by atoms with van der Waals surface area (Å²) in [5, 5.41) is 23.9. The average Bonchev–Trinajstić information content (AvgIpc) is 3.04. The number of carbonyl (C=O) groups excluding carboxylic acids is 1. The van der Waals surface area contributed by atoms with Crippen LogP contribution >= 0.6 is 11.3 Å². The van der Waals surface area contributed by atoms with Gasteiger partial charge < -0.3 is 10.4 Å². The van der Waals surface area contributed by atoms with Gasteiger partial charge in [0.05, 0.1) is 5.56 Å². The molecular formula is C20H18N2O3S. The Balaban J connectivity index is 1.91. The van der Waals surface area contributed by atoms with Crippen molar-refractivity contribution in [3.05, 3.63) is 51.9 Å². The first-order chi connectivity index (χ1) is 12.5. The number of nitriles is 1. The molecule has 1 aliphatic carbocycles. The van der Waals surface area contributed by atoms with Gasteiger partial charge in [-0.1, -0.05) is 29.8 Å². The number of anilines is 1. The highest BCUT2D eigenvalue weighted by molar-refractivity contribution is 7.15. The zero-order chi connectivity index (χ0) is 18.7. The second kappa shape index (κ2) is 7.54. The van der Waals surface area contributed by atoms with E-state index in [2.05, 4.69) is 11.4 Å². The van der Waals surface area contributed by atoms with Crippen molar-refractivity contribution in [2.24, 2.45) is 0 Å². The first-order valence-corrected chi connectivity index (χ1v) is 9.24. The number of aliphatic carboxylic acids is 1. The molecule has 0 saturated carbocycles. The van der Waals surface area contributed by atoms with Crippen molar-refractivity contribution in [1.29, 1.82) is 5.26 Å². The zero-order valence-corrected chi connectivity index (χ0v) is 15.2. The van der Waals surface area contributed by atoms with E-state index in [0.717, 1.165) is 29.5 Å². The number of aryl methyl sites for hydroxylation is 1. The summed E-state index contributed by atoms with van der Waals surface area (Å²) in [6.07, 6.45) is 2.43. The molecule has 1 aliphatic rings. The van der Waals surface area contributed by atoms with E-state index in [1.807, 2.05) is 36.6 Å². The van der Waals surface area contributed by atoms with Gasteiger partial charge in [-0.15, -0.1) is 11.3 Å². The fraction of sp³-hybridized carbons (Fsp3) is 0.250. The standard InChI is InChI=1S/C20H18N2O3S/c1-12-6-8-13(9-7-12)17-11-26-19(16(17)10-21)22-18(23)14-4-2-3-5-15(14)20(24)25/h6-9,11H,2-5H2,1H3,(H,22,23)(H,24,25). The molecule has 0 spiro atoms. The summed E-state index contributed by atoms with van der Waals surface area (Å²) >= 11 is 1.28. The lowest BCUT2D eigenvalue weighted by atomic mass is 9.91. The molecule has 3 rings (SSSR count). The first-order valence-electron chi connectivity index (χ1n) is 8.36. The van der Waals surface area contributed by atoms with Gasteiger partial charge in [-0.05, 0) is 38.2 Å². The number of hydrogen-bond acceptors (Lipinski definition) is 4. The maximum Gasteiger partial charge on any atom is 0.332 e. The second-order valence-corrected chi connectivity index (χ2v) is 7.13. The summed E-state index contributed by atoms with van der Waals surface area (Å²) in [4.78, 5) is 24.0. The summed E-state index contributed by atoms with van der Waals surface area (Å²) in [6, 6.07) is 9.99. The van der Waals surface area contributed by atoms with E-state index in [1.165, 1.54) is 11.3 Å². The number of amides is 1. The highest BCUT2D eigenvalue weighted by atomic mass is 32.1. The predicted octanol–water partition coefficient (Wildman–Crippen LogP) is 4.49. The molecule has 26 heavy (non-hydrogen) atoms. The largest absolute Gasteiger partial charge is 0.478 e. The monoisotopic (exact) mass is 366 g/mol. The third-order valence-electron chi connectivity index (χ3n) is 4.49. The Hall–Kier alpha value is -2.91. The Morgan fingerprint density at radius 1 is 1.15 bits per heavy atom. The lowest BCUT2D eigenvalue weighted by Crippen LogP contribution is -2.21. The zero-order valence-electron chi connectivity index (χ0n) is 14.3. The minimum atomic E-state index is -1.04. The maximum atomic E-state index is 12.6. The van der Waals surface area contributed by atoms with Crippen LogP contribution in [-0.4, -0.2) is 17.0 Å². The van der Waals surface area contributed by atoms with E-state index < -0.39 is 11.9 Å². The van der Waals surface area contributed by atoms with Gasteiger partial charge in [-0.2, -0.15) is 5.26 Å². The molecule has 0 unspecified atom stereocenters. The molecule has 0 radical (unpaired) electrons. The van der Waals surface area contributed by atoms with Crippen LogP contribution < -0.4 is 5.32 Å². The van der Waals surface area contributed by atoms with Gasteiger partial charge in [-0.25, -0.2) is 4.79 Å². The van der Waals surface area contributed by atoms with Crippen LogP contribution in [0.4, 0.5) is 5.00 Å². The maximum absolute atomic E-state index is 12.6. The van der Waals surface area contributed by atoms with Crippen LogP contribution in [0.5, 0.6) is 0 Å². The predicted molar refractivity (Wildman–Crippen MR) is 101 cm³/mol. The highest BCUT2D eigenvalue weighted by Crippen LogP contribution is 2.36. The highest BCUT2D eigenvalue weighted by Gasteiger charge is 2.25. The van der Waals surface area contributed by atoms with Gasteiger partial charge in [0.1, 0.15) is 11.1 Å². The van der Waals surface area contributed by atoms with Crippen molar-refractivity contribution in [3.63, 3.8) is 0 Å². The molecule has 0 fully saturated rings. The minimum absolute atomic E-state index is 0.183. The summed E-state index contributed by atoms with van der Waals surface area (Å²) in [6.45, 7) is 1.99. The number of hydrogen-bond donors (Lipinski definition) is 2. The molecule has 1 heterocycles. The van der Waals surface area contributed by atoms with Crippen molar-refractivity contribution in [2.45, 2.75) is 32.6 Å². The molecule has 5 nitrogen and oxygen atoms in total. The van der Waals surface area contributed by atoms with Gasteiger partial charge in [0.2, 0.25) is 0 Å². The summed E-state index contributed by atoms with van der Waals surface area (Å²) in [5.74, 6) is -1.46. The van der Waals surface area contributed by atoms with Gasteiger partial charge in [0.25, 0.3) is 5.91 Å². The second-order valence-electron chi connectivity index (χ2n) is 6.25. The molecule has 2 N–H and O–H groups in total. The summed E-state index contributed by atoms with van der Waals surface area (Å²) < 4.78 is 0. The number of nitrogens with zero attached hydrogens (tertiary/aromatic N) is 1. The Morgan fingerprint density at radius 3 is 2.42 bits per heavy atom. The normalized spacial score (nSPS) is 14.0. The van der Waals surface area contributed by atoms with Crippen LogP contribution in [0.2, 0.25) is 0 Å². The summed E-state index contributed by atoms with van der Waals surface area (Å²) in [7, 11) is 0. The van der Waals surface area contributed by atoms with Gasteiger partial charge >= 0.3 is 5.97 Å². The molecule has 1 amide bonds. The fourth-order valence-corrected chi connectivity index (χ4v) is 3.99. The number of carboxylic acid groups (broad SMARTS) is 1. The summed E-state index contributed by atoms with van der Waals surface area (Å²) in [5.41, 5.74) is 3.71. The number of nitrogens with one attached hydrogen (secondary N) is 1. The lowest BCUT2D eigenvalue weighted by molar-refractivity contribution is -0.133. The van der Waals surface area contributed by atoms with Crippen molar-refractivity contribution >= 4 is 28.2 Å². The average molecular weight is 366 g/mol. The van der Waals surface area contributed by atoms with Gasteiger partial charge in [-0.3, -0.25) is 4.79 Å². The minimum Gasteiger partial charge on any atom is -0.478 e. The SMILES string of the molecule is Cc1ccc(-c2csc(NC(=O)C3=C(C(=O)O)CCCC3)c2C#N)cc1. The Bertz CT molecular complexity index is 933. The number of thiophene rings is 1. The molecule has 0 bridgehead atoms. The molecule has 6 heteroatoms. The number of carbonyl (C=O) groups is 2. The van der Waals surface area contributed by atoms with Crippen molar-refractivity contribution in [2.75, 3.05) is 5.32 Å². The molecular weight excluding hydrogens is 348 g/mol. The number of benzene rings is 1. The molecule has 1 aromatic carbocycles. The quantitative estimate of drug-likeness (QED) is 0.834. The first kappa shape index (κ1) is 17.9. The number of rotatable bonds is 4. The molecule has 0 aliphatic heterocycles.